The number of aryl methyl sites for hydroxylation is 1. The van der Waals surface area contributed by atoms with E-state index in [2.05, 4.69) is 41.5 Å². The first kappa shape index (κ1) is 12.7. The molecule has 0 fully saturated rings. The number of nitrogens with zero attached hydrogens (tertiary/aromatic N) is 2. The molecule has 0 atom stereocenters. The van der Waals surface area contributed by atoms with E-state index in [1.165, 1.54) is 0 Å². The Morgan fingerprint density at radius 2 is 1.88 bits per heavy atom. The molecule has 1 aromatic rings. The molecule has 1 aromatic heterocycles. The van der Waals surface area contributed by atoms with Gasteiger partial charge in [0.15, 0.2) is 0 Å². The van der Waals surface area contributed by atoms with E-state index >= 15 is 0 Å². The number of nitrogen functional groups attached to an aromatic ring is 1. The van der Waals surface area contributed by atoms with Crippen LogP contribution in [0.15, 0.2) is 6.07 Å². The molecule has 0 unspecified atom stereocenters. The Morgan fingerprint density at radius 1 is 1.25 bits per heavy atom. The fourth-order valence-corrected chi connectivity index (χ4v) is 1.23. The minimum absolute atomic E-state index is 0.0191. The summed E-state index contributed by atoms with van der Waals surface area (Å²) >= 11 is 0. The Morgan fingerprint density at radius 3 is 2.38 bits per heavy atom. The molecule has 16 heavy (non-hydrogen) atoms. The predicted octanol–water partition coefficient (Wildman–Crippen LogP) is 1.93. The van der Waals surface area contributed by atoms with E-state index in [-0.39, 0.29) is 5.54 Å². The van der Waals surface area contributed by atoms with Crippen molar-refractivity contribution in [3.05, 3.63) is 11.9 Å². The van der Waals surface area contributed by atoms with Gasteiger partial charge in [-0.3, -0.25) is 0 Å². The normalized spacial score (nSPS) is 11.3. The van der Waals surface area contributed by atoms with E-state index in [0.29, 0.717) is 5.82 Å². The van der Waals surface area contributed by atoms with Crippen LogP contribution >= 0.6 is 0 Å². The topological polar surface area (TPSA) is 75.9 Å². The summed E-state index contributed by atoms with van der Waals surface area (Å²) in [5.41, 5.74) is 2.57. The largest absolute Gasteiger partial charge is 0.365 e. The van der Waals surface area contributed by atoms with Gasteiger partial charge in [0.25, 0.3) is 0 Å². The van der Waals surface area contributed by atoms with Crippen molar-refractivity contribution in [3.8, 4) is 0 Å². The summed E-state index contributed by atoms with van der Waals surface area (Å²) in [7, 11) is 0. The van der Waals surface area contributed by atoms with E-state index in [1.54, 1.807) is 0 Å². The monoisotopic (exact) mass is 223 g/mol. The van der Waals surface area contributed by atoms with Crippen molar-refractivity contribution in [2.24, 2.45) is 5.84 Å². The van der Waals surface area contributed by atoms with Gasteiger partial charge in [0.1, 0.15) is 17.5 Å². The number of hydrogen-bond donors (Lipinski definition) is 3. The molecule has 0 aliphatic carbocycles. The second-order valence-electron chi connectivity index (χ2n) is 4.41. The van der Waals surface area contributed by atoms with Crippen LogP contribution in [0.5, 0.6) is 0 Å². The fraction of sp³-hybridized carbons (Fsp3) is 0.636. The number of anilines is 2. The Bertz CT molecular complexity index is 326. The highest BCUT2D eigenvalue weighted by Gasteiger charge is 2.15. The number of nitrogens with two attached hydrogens (primary N) is 1. The maximum absolute atomic E-state index is 5.37. The zero-order chi connectivity index (χ0) is 12.2. The van der Waals surface area contributed by atoms with Crippen molar-refractivity contribution in [2.45, 2.75) is 46.1 Å². The van der Waals surface area contributed by atoms with Gasteiger partial charge in [-0.2, -0.15) is 0 Å². The van der Waals surface area contributed by atoms with Crippen LogP contribution in [0, 0.1) is 0 Å². The average Bonchev–Trinajstić information content (AvgIpc) is 2.28. The van der Waals surface area contributed by atoms with Gasteiger partial charge in [-0.25, -0.2) is 15.8 Å². The molecule has 0 radical (unpaired) electrons. The summed E-state index contributed by atoms with van der Waals surface area (Å²) in [4.78, 5) is 8.65. The van der Waals surface area contributed by atoms with Gasteiger partial charge in [-0.15, -0.1) is 0 Å². The molecule has 1 heterocycles. The van der Waals surface area contributed by atoms with Gasteiger partial charge in [0.05, 0.1) is 0 Å². The molecule has 90 valence electrons. The quantitative estimate of drug-likeness (QED) is 0.525. The Balaban J connectivity index is 2.95. The maximum atomic E-state index is 5.37. The minimum Gasteiger partial charge on any atom is -0.365 e. The lowest BCUT2D eigenvalue weighted by molar-refractivity contribution is 0.544. The third kappa shape index (κ3) is 3.34. The van der Waals surface area contributed by atoms with E-state index < -0.39 is 0 Å². The van der Waals surface area contributed by atoms with Crippen LogP contribution in [-0.2, 0) is 6.42 Å². The van der Waals surface area contributed by atoms with E-state index in [1.807, 2.05) is 13.0 Å². The van der Waals surface area contributed by atoms with Crippen LogP contribution in [-0.4, -0.2) is 15.5 Å². The summed E-state index contributed by atoms with van der Waals surface area (Å²) in [5.74, 6) is 7.60. The molecular formula is C11H21N5. The zero-order valence-electron chi connectivity index (χ0n) is 10.5. The number of aromatic nitrogens is 2. The molecule has 0 aliphatic heterocycles. The number of nitrogens with one attached hydrogen (secondary N) is 2. The summed E-state index contributed by atoms with van der Waals surface area (Å²) in [6.07, 6.45) is 1.81. The van der Waals surface area contributed by atoms with Crippen molar-refractivity contribution >= 4 is 11.6 Å². The van der Waals surface area contributed by atoms with Crippen LogP contribution in [0.25, 0.3) is 0 Å². The minimum atomic E-state index is 0.0191. The maximum Gasteiger partial charge on any atom is 0.145 e. The van der Waals surface area contributed by atoms with Gasteiger partial charge in [0.2, 0.25) is 0 Å². The van der Waals surface area contributed by atoms with Gasteiger partial charge in [0, 0.05) is 18.0 Å². The lowest BCUT2D eigenvalue weighted by Crippen LogP contribution is -2.30. The molecule has 0 bridgehead atoms. The number of hydrazine groups is 1. The molecule has 0 saturated carbocycles. The fourth-order valence-electron chi connectivity index (χ4n) is 1.23. The first-order valence-corrected chi connectivity index (χ1v) is 5.63. The summed E-state index contributed by atoms with van der Waals surface area (Å²) in [6.45, 7) is 8.42. The van der Waals surface area contributed by atoms with Crippen LogP contribution in [0.1, 0.15) is 39.9 Å². The van der Waals surface area contributed by atoms with Crippen molar-refractivity contribution in [1.29, 1.82) is 0 Å². The highest BCUT2D eigenvalue weighted by molar-refractivity contribution is 5.48. The first-order valence-electron chi connectivity index (χ1n) is 5.63. The lowest BCUT2D eigenvalue weighted by atomic mass is 10.0. The van der Waals surface area contributed by atoms with Crippen molar-refractivity contribution in [2.75, 3.05) is 10.7 Å². The molecule has 0 amide bonds. The number of hydrogen-bond acceptors (Lipinski definition) is 5. The third-order valence-electron chi connectivity index (χ3n) is 2.59. The van der Waals surface area contributed by atoms with E-state index in [4.69, 9.17) is 5.84 Å². The van der Waals surface area contributed by atoms with Gasteiger partial charge in [-0.1, -0.05) is 13.8 Å². The summed E-state index contributed by atoms with van der Waals surface area (Å²) in [6, 6.07) is 1.82. The van der Waals surface area contributed by atoms with E-state index in [9.17, 15) is 0 Å². The molecule has 5 nitrogen and oxygen atoms in total. The SMILES string of the molecule is CCc1nc(NN)cc(NC(C)(C)CC)n1. The van der Waals surface area contributed by atoms with Crippen molar-refractivity contribution < 1.29 is 0 Å². The Hall–Kier alpha value is -1.36. The summed E-state index contributed by atoms with van der Waals surface area (Å²) in [5, 5.41) is 3.37. The second-order valence-corrected chi connectivity index (χ2v) is 4.41. The van der Waals surface area contributed by atoms with E-state index in [0.717, 1.165) is 24.5 Å². The molecule has 1 rings (SSSR count). The highest BCUT2D eigenvalue weighted by atomic mass is 15.3. The van der Waals surface area contributed by atoms with Gasteiger partial charge < -0.3 is 10.7 Å². The van der Waals surface area contributed by atoms with Crippen LogP contribution < -0.4 is 16.6 Å². The lowest BCUT2D eigenvalue weighted by Gasteiger charge is -2.25. The second kappa shape index (κ2) is 5.12. The van der Waals surface area contributed by atoms with Crippen LogP contribution in [0.3, 0.4) is 0 Å². The molecule has 5 heteroatoms. The molecule has 0 aliphatic rings. The standard InChI is InChI=1S/C11H21N5/c1-5-8-13-9(7-10(14-8)16-12)15-11(3,4)6-2/h7H,5-6,12H2,1-4H3,(H2,13,14,15,16). The summed E-state index contributed by atoms with van der Waals surface area (Å²) < 4.78 is 0. The van der Waals surface area contributed by atoms with Crippen LogP contribution in [0.2, 0.25) is 0 Å². The Labute approximate surface area is 96.8 Å². The smallest absolute Gasteiger partial charge is 0.145 e. The molecular weight excluding hydrogens is 202 g/mol. The molecule has 4 N–H and O–H groups in total. The average molecular weight is 223 g/mol. The Kier molecular flexibility index (Phi) is 4.06. The third-order valence-corrected chi connectivity index (χ3v) is 2.59. The molecule has 0 spiro atoms. The van der Waals surface area contributed by atoms with Gasteiger partial charge >= 0.3 is 0 Å². The highest BCUT2D eigenvalue weighted by Crippen LogP contribution is 2.18. The van der Waals surface area contributed by atoms with Crippen LogP contribution in [0.4, 0.5) is 11.6 Å². The van der Waals surface area contributed by atoms with Crippen molar-refractivity contribution in [1.82, 2.24) is 9.97 Å². The molecule has 0 aromatic carbocycles. The zero-order valence-corrected chi connectivity index (χ0v) is 10.5. The van der Waals surface area contributed by atoms with Crippen molar-refractivity contribution in [3.63, 3.8) is 0 Å². The number of rotatable bonds is 5. The predicted molar refractivity (Wildman–Crippen MR) is 67.2 cm³/mol. The first-order chi connectivity index (χ1) is 7.50. The molecule has 0 saturated heterocycles. The van der Waals surface area contributed by atoms with Gasteiger partial charge in [-0.05, 0) is 20.3 Å².